The van der Waals surface area contributed by atoms with Crippen molar-refractivity contribution in [2.24, 2.45) is 11.8 Å². The summed E-state index contributed by atoms with van der Waals surface area (Å²) in [5, 5.41) is 0. The summed E-state index contributed by atoms with van der Waals surface area (Å²) >= 11 is 0. The monoisotopic (exact) mass is 1110 g/mol. The summed E-state index contributed by atoms with van der Waals surface area (Å²) in [6, 6.07) is 27.2. The Hall–Kier alpha value is -6.50. The van der Waals surface area contributed by atoms with E-state index in [0.717, 1.165) is 82.9 Å². The molecule has 0 N–H and O–H groups in total. The number of aryl methyl sites for hydroxylation is 12. The molecule has 20 rings (SSSR count). The van der Waals surface area contributed by atoms with E-state index in [0.29, 0.717) is 0 Å². The van der Waals surface area contributed by atoms with Gasteiger partial charge in [-0.25, -0.2) is 0 Å². The number of fused-ring (bicyclic) bond motifs is 32. The van der Waals surface area contributed by atoms with Crippen molar-refractivity contribution in [2.75, 3.05) is 0 Å². The van der Waals surface area contributed by atoms with Crippen molar-refractivity contribution >= 4 is 0 Å². The summed E-state index contributed by atoms with van der Waals surface area (Å²) in [6.07, 6.45) is 45.9. The molecule has 14 aliphatic carbocycles. The van der Waals surface area contributed by atoms with Gasteiger partial charge in [-0.05, 0) is 286 Å². The molecule has 14 bridgehead atoms. The van der Waals surface area contributed by atoms with E-state index in [4.69, 9.17) is 0 Å². The van der Waals surface area contributed by atoms with Gasteiger partial charge in [-0.3, -0.25) is 0 Å². The highest BCUT2D eigenvalue weighted by molar-refractivity contribution is 5.60. The van der Waals surface area contributed by atoms with Crippen molar-refractivity contribution in [3.05, 3.63) is 291 Å². The number of benzene rings is 6. The molecule has 6 aromatic carbocycles. The molecule has 0 spiro atoms. The van der Waals surface area contributed by atoms with Crippen LogP contribution in [0.3, 0.4) is 0 Å². The Kier molecular flexibility index (Phi) is 14.8. The highest BCUT2D eigenvalue weighted by Crippen LogP contribution is 2.56. The fourth-order valence-corrected chi connectivity index (χ4v) is 19.5. The van der Waals surface area contributed by atoms with Gasteiger partial charge in [0, 0.05) is 71.0 Å². The van der Waals surface area contributed by atoms with Crippen LogP contribution < -0.4 is 0 Å². The molecule has 0 nitrogen and oxygen atoms in total. The van der Waals surface area contributed by atoms with E-state index in [1.54, 1.807) is 66.8 Å². The quantitative estimate of drug-likeness (QED) is 0.133. The van der Waals surface area contributed by atoms with E-state index in [-0.39, 0.29) is 0 Å². The standard InChI is InChI=1S/6C13H14.C7H10/c6*1-8-3-4-9(2)13-11-6-5-10(7-11)12(8)13;1-2-7-4-3-6(1)5-7/h6*3-6,10-11H,7H2,1-2H3;1-2,6-7H,3-5H2. The Morgan fingerprint density at radius 2 is 0.282 bits per heavy atom. The normalized spacial score (nSPS) is 29.6. The summed E-state index contributed by atoms with van der Waals surface area (Å²) in [5.74, 6) is 10.8. The average molecular weight is 1120 g/mol. The number of allylic oxidation sites excluding steroid dienone is 14. The Morgan fingerprint density at radius 3 is 0.365 bits per heavy atom. The molecule has 6 aromatic rings. The van der Waals surface area contributed by atoms with Gasteiger partial charge < -0.3 is 0 Å². The second kappa shape index (κ2) is 22.3. The van der Waals surface area contributed by atoms with Crippen LogP contribution in [-0.4, -0.2) is 0 Å². The molecule has 0 aromatic heterocycles. The smallest absolute Gasteiger partial charge is 0.00326 e. The highest BCUT2D eigenvalue weighted by atomic mass is 14.4. The molecule has 1 saturated carbocycles. The van der Waals surface area contributed by atoms with E-state index in [9.17, 15) is 0 Å². The predicted octanol–water partition coefficient (Wildman–Crippen LogP) is 22.6. The second-order valence-corrected chi connectivity index (χ2v) is 28.9. The predicted molar refractivity (Wildman–Crippen MR) is 361 cm³/mol. The Labute approximate surface area is 512 Å². The molecule has 0 radical (unpaired) electrons. The molecular formula is C85H94. The molecule has 434 valence electrons. The van der Waals surface area contributed by atoms with Gasteiger partial charge in [-0.15, -0.1) is 0 Å². The maximum absolute atomic E-state index is 2.39. The van der Waals surface area contributed by atoms with Crippen LogP contribution in [0.5, 0.6) is 0 Å². The van der Waals surface area contributed by atoms with Gasteiger partial charge in [-0.1, -0.05) is 158 Å². The van der Waals surface area contributed by atoms with E-state index < -0.39 is 0 Å². The zero-order valence-electron chi connectivity index (χ0n) is 53.5. The largest absolute Gasteiger partial charge is 0.0851 e. The van der Waals surface area contributed by atoms with Crippen LogP contribution in [0.1, 0.15) is 262 Å². The zero-order chi connectivity index (χ0) is 58.7. The summed E-state index contributed by atoms with van der Waals surface area (Å²) in [5.41, 5.74) is 37.4. The Morgan fingerprint density at radius 1 is 0.165 bits per heavy atom. The van der Waals surface area contributed by atoms with Gasteiger partial charge in [0.25, 0.3) is 0 Å². The molecule has 14 unspecified atom stereocenters. The van der Waals surface area contributed by atoms with Crippen LogP contribution in [0.4, 0.5) is 0 Å². The molecule has 1 fully saturated rings. The van der Waals surface area contributed by atoms with Crippen LogP contribution in [0, 0.1) is 94.9 Å². The summed E-state index contributed by atoms with van der Waals surface area (Å²) < 4.78 is 0. The molecule has 0 saturated heterocycles. The lowest BCUT2D eigenvalue weighted by atomic mass is 9.90. The van der Waals surface area contributed by atoms with Gasteiger partial charge in [0.15, 0.2) is 0 Å². The summed E-state index contributed by atoms with van der Waals surface area (Å²) in [7, 11) is 0. The van der Waals surface area contributed by atoms with Crippen molar-refractivity contribution in [2.45, 2.75) is 212 Å². The van der Waals surface area contributed by atoms with E-state index in [1.807, 2.05) is 0 Å². The van der Waals surface area contributed by atoms with Gasteiger partial charge in [0.05, 0.1) is 0 Å². The van der Waals surface area contributed by atoms with Crippen LogP contribution in [-0.2, 0) is 0 Å². The second-order valence-electron chi connectivity index (χ2n) is 28.9. The number of hydrogen-bond donors (Lipinski definition) is 0. The van der Waals surface area contributed by atoms with Gasteiger partial charge >= 0.3 is 0 Å². The SMILES string of the molecule is C1=CC2CCC1C2.Cc1ccc(C)c2c1C1C=CC2C1.Cc1ccc(C)c2c1C1C=CC2C1.Cc1ccc(C)c2c1C1C=CC2C1.Cc1ccc(C)c2c1C1C=CC2C1.Cc1ccc(C)c2c1C1C=CC2C1.Cc1ccc(C)c2c1C1C=CC2C1. The minimum atomic E-state index is 0.736. The minimum Gasteiger partial charge on any atom is -0.0851 e. The third-order valence-corrected chi connectivity index (χ3v) is 23.5. The van der Waals surface area contributed by atoms with Crippen molar-refractivity contribution < 1.29 is 0 Å². The van der Waals surface area contributed by atoms with Crippen molar-refractivity contribution in [3.8, 4) is 0 Å². The maximum Gasteiger partial charge on any atom is 0.00326 e. The summed E-state index contributed by atoms with van der Waals surface area (Å²) in [4.78, 5) is 0. The van der Waals surface area contributed by atoms with Crippen LogP contribution >= 0.6 is 0 Å². The number of rotatable bonds is 0. The first-order valence-corrected chi connectivity index (χ1v) is 33.5. The fraction of sp³-hybridized carbons (Fsp3) is 0.412. The summed E-state index contributed by atoms with van der Waals surface area (Å²) in [6.45, 7) is 26.9. The fourth-order valence-electron chi connectivity index (χ4n) is 19.5. The van der Waals surface area contributed by atoms with Gasteiger partial charge in [0.1, 0.15) is 0 Å². The van der Waals surface area contributed by atoms with Gasteiger partial charge in [-0.2, -0.15) is 0 Å². The lowest BCUT2D eigenvalue weighted by Crippen LogP contribution is -1.98. The molecule has 14 atom stereocenters. The van der Waals surface area contributed by atoms with Crippen LogP contribution in [0.25, 0.3) is 0 Å². The Balaban J connectivity index is 0.0000000884. The molecule has 0 heteroatoms. The first-order chi connectivity index (χ1) is 41.1. The maximum atomic E-state index is 2.39. The van der Waals surface area contributed by atoms with E-state index in [1.165, 1.54) is 125 Å². The third kappa shape index (κ3) is 9.88. The zero-order valence-corrected chi connectivity index (χ0v) is 53.5. The molecule has 0 amide bonds. The Bertz CT molecular complexity index is 3030. The van der Waals surface area contributed by atoms with Crippen molar-refractivity contribution in [1.82, 2.24) is 0 Å². The third-order valence-electron chi connectivity index (χ3n) is 23.5. The number of hydrogen-bond acceptors (Lipinski definition) is 0. The lowest BCUT2D eigenvalue weighted by Gasteiger charge is -2.15. The van der Waals surface area contributed by atoms with Gasteiger partial charge in [0.2, 0.25) is 0 Å². The first kappa shape index (κ1) is 56.3. The molecule has 0 aliphatic heterocycles. The minimum absolute atomic E-state index is 0.736. The molecular weight excluding hydrogens is 1020 g/mol. The molecule has 14 aliphatic rings. The first-order valence-electron chi connectivity index (χ1n) is 33.5. The average Bonchev–Trinajstić information content (AvgIpc) is 2.52. The lowest BCUT2D eigenvalue weighted by molar-refractivity contribution is 0.691. The highest BCUT2D eigenvalue weighted by Gasteiger charge is 2.39. The van der Waals surface area contributed by atoms with Crippen molar-refractivity contribution in [1.29, 1.82) is 0 Å². The van der Waals surface area contributed by atoms with E-state index in [2.05, 4.69) is 241 Å². The van der Waals surface area contributed by atoms with Crippen LogP contribution in [0.2, 0.25) is 0 Å². The van der Waals surface area contributed by atoms with Crippen LogP contribution in [0.15, 0.2) is 158 Å². The van der Waals surface area contributed by atoms with E-state index >= 15 is 0 Å². The molecule has 0 heterocycles. The molecule has 85 heavy (non-hydrogen) atoms. The van der Waals surface area contributed by atoms with Crippen molar-refractivity contribution in [3.63, 3.8) is 0 Å². The topological polar surface area (TPSA) is 0 Å².